The Morgan fingerprint density at radius 3 is 2.45 bits per heavy atom. The predicted octanol–water partition coefficient (Wildman–Crippen LogP) is 4.07. The molecule has 0 saturated carbocycles. The summed E-state index contributed by atoms with van der Waals surface area (Å²) < 4.78 is 10.7. The lowest BCUT2D eigenvalue weighted by atomic mass is 10.1. The maximum absolute atomic E-state index is 12.0. The summed E-state index contributed by atoms with van der Waals surface area (Å²) in [6, 6.07) is 17.2. The molecule has 2 aromatic carbocycles. The number of hydrogen-bond donors (Lipinski definition) is 0. The maximum atomic E-state index is 12.0. The number of benzene rings is 2. The zero-order valence-electron chi connectivity index (χ0n) is 12.3. The largest absolute Gasteiger partial charge is 0.494 e. The molecular formula is C19H16O3. The minimum atomic E-state index is -0.326. The molecule has 0 aliphatic carbocycles. The number of rotatable bonds is 4. The Morgan fingerprint density at radius 2 is 1.77 bits per heavy atom. The molecule has 0 amide bonds. The second-order valence-corrected chi connectivity index (χ2v) is 4.87. The molecule has 3 heteroatoms. The van der Waals surface area contributed by atoms with Crippen LogP contribution >= 0.6 is 0 Å². The van der Waals surface area contributed by atoms with Gasteiger partial charge in [0.05, 0.1) is 12.2 Å². The van der Waals surface area contributed by atoms with E-state index in [4.69, 9.17) is 9.47 Å². The van der Waals surface area contributed by atoms with Crippen LogP contribution in [-0.4, -0.2) is 12.6 Å². The van der Waals surface area contributed by atoms with Gasteiger partial charge in [0.1, 0.15) is 11.5 Å². The van der Waals surface area contributed by atoms with Crippen LogP contribution in [0.4, 0.5) is 0 Å². The first-order chi connectivity index (χ1) is 10.8. The number of ether oxygens (including phenoxy) is 2. The van der Waals surface area contributed by atoms with Crippen molar-refractivity contribution in [3.05, 3.63) is 77.4 Å². The normalized spacial score (nSPS) is 15.6. The first-order valence-corrected chi connectivity index (χ1v) is 7.20. The Hall–Kier alpha value is -2.81. The van der Waals surface area contributed by atoms with Crippen molar-refractivity contribution in [1.82, 2.24) is 0 Å². The van der Waals surface area contributed by atoms with Gasteiger partial charge in [0.15, 0.2) is 0 Å². The van der Waals surface area contributed by atoms with Gasteiger partial charge >= 0.3 is 5.97 Å². The molecule has 2 aromatic rings. The van der Waals surface area contributed by atoms with Gasteiger partial charge in [-0.2, -0.15) is 0 Å². The van der Waals surface area contributed by atoms with Gasteiger partial charge in [-0.05, 0) is 36.8 Å². The molecule has 0 saturated heterocycles. The number of carbonyl (C=O) groups excluding carboxylic acids is 1. The van der Waals surface area contributed by atoms with Gasteiger partial charge in [-0.25, -0.2) is 4.79 Å². The van der Waals surface area contributed by atoms with E-state index >= 15 is 0 Å². The van der Waals surface area contributed by atoms with Crippen LogP contribution in [0.3, 0.4) is 0 Å². The molecule has 0 radical (unpaired) electrons. The molecule has 0 spiro atoms. The van der Waals surface area contributed by atoms with Gasteiger partial charge in [0.2, 0.25) is 0 Å². The van der Waals surface area contributed by atoms with Gasteiger partial charge in [-0.1, -0.05) is 42.5 Å². The fourth-order valence-electron chi connectivity index (χ4n) is 2.24. The summed E-state index contributed by atoms with van der Waals surface area (Å²) in [6.45, 7) is 2.58. The summed E-state index contributed by atoms with van der Waals surface area (Å²) >= 11 is 0. The number of cyclic esters (lactones) is 1. The first kappa shape index (κ1) is 14.1. The van der Waals surface area contributed by atoms with Crippen molar-refractivity contribution in [1.29, 1.82) is 0 Å². The van der Waals surface area contributed by atoms with E-state index in [1.807, 2.05) is 67.6 Å². The summed E-state index contributed by atoms with van der Waals surface area (Å²) in [5.74, 6) is 1.08. The number of esters is 1. The third kappa shape index (κ3) is 3.09. The number of carbonyl (C=O) groups is 1. The van der Waals surface area contributed by atoms with Crippen molar-refractivity contribution in [2.24, 2.45) is 0 Å². The minimum absolute atomic E-state index is 0.326. The minimum Gasteiger partial charge on any atom is -0.494 e. The maximum Gasteiger partial charge on any atom is 0.343 e. The van der Waals surface area contributed by atoms with Crippen molar-refractivity contribution in [3.63, 3.8) is 0 Å². The van der Waals surface area contributed by atoms with Gasteiger partial charge in [0.25, 0.3) is 0 Å². The molecule has 3 rings (SSSR count). The lowest BCUT2D eigenvalue weighted by molar-refractivity contribution is -0.130. The molecule has 0 bridgehead atoms. The Morgan fingerprint density at radius 1 is 1.05 bits per heavy atom. The summed E-state index contributed by atoms with van der Waals surface area (Å²) in [6.07, 6.45) is 3.59. The molecule has 110 valence electrons. The van der Waals surface area contributed by atoms with Crippen molar-refractivity contribution >= 4 is 17.8 Å². The highest BCUT2D eigenvalue weighted by Gasteiger charge is 2.21. The second kappa shape index (κ2) is 6.31. The van der Waals surface area contributed by atoms with Gasteiger partial charge in [-0.15, -0.1) is 0 Å². The zero-order valence-corrected chi connectivity index (χ0v) is 12.3. The predicted molar refractivity (Wildman–Crippen MR) is 86.1 cm³/mol. The standard InChI is InChI=1S/C19H16O3/c1-2-21-17-10-8-14(9-11-17)12-16-13-18(22-19(16)20)15-6-4-3-5-7-15/h3-13H,2H2,1H3/b16-12-. The lowest BCUT2D eigenvalue weighted by Gasteiger charge is -2.02. The van der Waals surface area contributed by atoms with Gasteiger partial charge in [0, 0.05) is 5.56 Å². The molecule has 0 aromatic heterocycles. The van der Waals surface area contributed by atoms with Crippen LogP contribution in [0, 0.1) is 0 Å². The molecule has 22 heavy (non-hydrogen) atoms. The molecule has 0 fully saturated rings. The van der Waals surface area contributed by atoms with E-state index in [1.165, 1.54) is 0 Å². The van der Waals surface area contributed by atoms with Crippen LogP contribution in [0.5, 0.6) is 5.75 Å². The van der Waals surface area contributed by atoms with E-state index in [1.54, 1.807) is 6.08 Å². The summed E-state index contributed by atoms with van der Waals surface area (Å²) in [5.41, 5.74) is 2.37. The molecule has 0 N–H and O–H groups in total. The highest BCUT2D eigenvalue weighted by molar-refractivity contribution is 6.05. The topological polar surface area (TPSA) is 35.5 Å². The van der Waals surface area contributed by atoms with Crippen LogP contribution in [-0.2, 0) is 9.53 Å². The quantitative estimate of drug-likeness (QED) is 0.629. The average Bonchev–Trinajstić information content (AvgIpc) is 2.91. The van der Waals surface area contributed by atoms with Crippen molar-refractivity contribution < 1.29 is 14.3 Å². The van der Waals surface area contributed by atoms with E-state index in [2.05, 4.69) is 0 Å². The summed E-state index contributed by atoms with van der Waals surface area (Å²) in [7, 11) is 0. The Balaban J connectivity index is 1.84. The van der Waals surface area contributed by atoms with E-state index in [9.17, 15) is 4.79 Å². The fraction of sp³-hybridized carbons (Fsp3) is 0.105. The van der Waals surface area contributed by atoms with Gasteiger partial charge < -0.3 is 9.47 Å². The molecular weight excluding hydrogens is 276 g/mol. The van der Waals surface area contributed by atoms with Crippen molar-refractivity contribution in [2.45, 2.75) is 6.92 Å². The monoisotopic (exact) mass is 292 g/mol. The van der Waals surface area contributed by atoms with E-state index in [-0.39, 0.29) is 5.97 Å². The van der Waals surface area contributed by atoms with E-state index in [0.29, 0.717) is 17.9 Å². The summed E-state index contributed by atoms with van der Waals surface area (Å²) in [4.78, 5) is 12.0. The number of hydrogen-bond acceptors (Lipinski definition) is 3. The van der Waals surface area contributed by atoms with Gasteiger partial charge in [-0.3, -0.25) is 0 Å². The SMILES string of the molecule is CCOc1ccc(/C=C2/C=C(c3ccccc3)OC2=O)cc1. The van der Waals surface area contributed by atoms with Crippen LogP contribution in [0.2, 0.25) is 0 Å². The van der Waals surface area contributed by atoms with Crippen LogP contribution in [0.25, 0.3) is 11.8 Å². The zero-order chi connectivity index (χ0) is 15.4. The van der Waals surface area contributed by atoms with E-state index < -0.39 is 0 Å². The summed E-state index contributed by atoms with van der Waals surface area (Å²) in [5, 5.41) is 0. The second-order valence-electron chi connectivity index (χ2n) is 4.87. The van der Waals surface area contributed by atoms with Crippen LogP contribution < -0.4 is 4.74 Å². The Labute approximate surface area is 129 Å². The van der Waals surface area contributed by atoms with E-state index in [0.717, 1.165) is 16.9 Å². The molecule has 1 heterocycles. The molecule has 1 aliphatic rings. The highest BCUT2D eigenvalue weighted by atomic mass is 16.5. The van der Waals surface area contributed by atoms with Crippen LogP contribution in [0.1, 0.15) is 18.1 Å². The molecule has 3 nitrogen and oxygen atoms in total. The Kier molecular flexibility index (Phi) is 4.05. The molecule has 0 unspecified atom stereocenters. The molecule has 0 atom stereocenters. The first-order valence-electron chi connectivity index (χ1n) is 7.20. The smallest absolute Gasteiger partial charge is 0.343 e. The lowest BCUT2D eigenvalue weighted by Crippen LogP contribution is -1.97. The highest BCUT2D eigenvalue weighted by Crippen LogP contribution is 2.27. The van der Waals surface area contributed by atoms with Crippen molar-refractivity contribution in [2.75, 3.05) is 6.61 Å². The fourth-order valence-corrected chi connectivity index (χ4v) is 2.24. The Bertz CT molecular complexity index is 725. The third-order valence-electron chi connectivity index (χ3n) is 3.30. The van der Waals surface area contributed by atoms with Crippen LogP contribution in [0.15, 0.2) is 66.2 Å². The third-order valence-corrected chi connectivity index (χ3v) is 3.30. The molecule has 1 aliphatic heterocycles. The van der Waals surface area contributed by atoms with Crippen molar-refractivity contribution in [3.8, 4) is 5.75 Å². The average molecular weight is 292 g/mol.